The number of nitrogens with two attached hydrogens (primary N) is 1. The number of anilines is 1. The van der Waals surface area contributed by atoms with Crippen LogP contribution in [0.25, 0.3) is 0 Å². The topological polar surface area (TPSA) is 94.3 Å². The summed E-state index contributed by atoms with van der Waals surface area (Å²) in [5.41, 5.74) is 7.64. The van der Waals surface area contributed by atoms with Crippen molar-refractivity contribution in [2.75, 3.05) is 11.9 Å². The van der Waals surface area contributed by atoms with E-state index in [0.717, 1.165) is 5.56 Å². The van der Waals surface area contributed by atoms with Crippen LogP contribution in [0.4, 0.5) is 5.13 Å². The highest BCUT2D eigenvalue weighted by molar-refractivity contribution is 7.13. The standard InChI is InChI=1S/C17H21N3O3S/c1-3-23-14(21)9-13-10-24-17(19-13)20-16(22)11(2)15(18)12-7-5-4-6-8-12/h4-8,10-11,15H,3,9,18H2,1-2H3,(H,19,20,22). The van der Waals surface area contributed by atoms with Crippen molar-refractivity contribution in [3.63, 3.8) is 0 Å². The van der Waals surface area contributed by atoms with Crippen LogP contribution < -0.4 is 11.1 Å². The highest BCUT2D eigenvalue weighted by Gasteiger charge is 2.23. The van der Waals surface area contributed by atoms with Crippen molar-refractivity contribution in [1.82, 2.24) is 4.98 Å². The van der Waals surface area contributed by atoms with E-state index in [-0.39, 0.29) is 18.3 Å². The minimum absolute atomic E-state index is 0.0965. The highest BCUT2D eigenvalue weighted by atomic mass is 32.1. The Bertz CT molecular complexity index is 687. The molecule has 1 aromatic heterocycles. The van der Waals surface area contributed by atoms with Crippen molar-refractivity contribution in [2.45, 2.75) is 26.3 Å². The Morgan fingerprint density at radius 3 is 2.71 bits per heavy atom. The number of nitrogens with one attached hydrogen (secondary N) is 1. The summed E-state index contributed by atoms with van der Waals surface area (Å²) >= 11 is 1.27. The smallest absolute Gasteiger partial charge is 0.311 e. The van der Waals surface area contributed by atoms with Crippen LogP contribution in [0, 0.1) is 5.92 Å². The number of carbonyl (C=O) groups is 2. The third-order valence-corrected chi connectivity index (χ3v) is 4.36. The number of rotatable bonds is 7. The van der Waals surface area contributed by atoms with E-state index < -0.39 is 12.0 Å². The molecule has 0 aliphatic heterocycles. The summed E-state index contributed by atoms with van der Waals surface area (Å²) in [5.74, 6) is -0.951. The number of hydrogen-bond donors (Lipinski definition) is 2. The first kappa shape index (κ1) is 18.1. The lowest BCUT2D eigenvalue weighted by Crippen LogP contribution is -2.30. The molecule has 2 atom stereocenters. The first-order valence-corrected chi connectivity index (χ1v) is 8.60. The lowest BCUT2D eigenvalue weighted by atomic mass is 9.95. The van der Waals surface area contributed by atoms with E-state index in [1.165, 1.54) is 11.3 Å². The molecule has 0 aliphatic rings. The molecule has 1 heterocycles. The second-order valence-electron chi connectivity index (χ2n) is 5.34. The zero-order valence-corrected chi connectivity index (χ0v) is 14.5. The third kappa shape index (κ3) is 4.87. The van der Waals surface area contributed by atoms with E-state index in [1.807, 2.05) is 30.3 Å². The van der Waals surface area contributed by atoms with Crippen LogP contribution in [0.2, 0.25) is 0 Å². The second kappa shape index (κ2) is 8.56. The van der Waals surface area contributed by atoms with Crippen LogP contribution >= 0.6 is 11.3 Å². The van der Waals surface area contributed by atoms with Crippen LogP contribution in [0.15, 0.2) is 35.7 Å². The minimum atomic E-state index is -0.412. The lowest BCUT2D eigenvalue weighted by Gasteiger charge is -2.19. The Labute approximate surface area is 145 Å². The molecule has 0 aliphatic carbocycles. The molecule has 1 amide bonds. The zero-order chi connectivity index (χ0) is 17.5. The molecule has 24 heavy (non-hydrogen) atoms. The average Bonchev–Trinajstić information content (AvgIpc) is 3.01. The minimum Gasteiger partial charge on any atom is -0.466 e. The Morgan fingerprint density at radius 2 is 2.04 bits per heavy atom. The average molecular weight is 347 g/mol. The van der Waals surface area contributed by atoms with Crippen LogP contribution in [-0.2, 0) is 20.7 Å². The molecule has 7 heteroatoms. The largest absolute Gasteiger partial charge is 0.466 e. The molecular weight excluding hydrogens is 326 g/mol. The van der Waals surface area contributed by atoms with Gasteiger partial charge in [0.2, 0.25) is 5.91 Å². The van der Waals surface area contributed by atoms with Crippen LogP contribution in [0.1, 0.15) is 31.1 Å². The Kier molecular flexibility index (Phi) is 6.45. The Morgan fingerprint density at radius 1 is 1.33 bits per heavy atom. The van der Waals surface area contributed by atoms with E-state index in [2.05, 4.69) is 10.3 Å². The van der Waals surface area contributed by atoms with Gasteiger partial charge in [0, 0.05) is 11.4 Å². The van der Waals surface area contributed by atoms with Gasteiger partial charge in [0.15, 0.2) is 5.13 Å². The number of thiazole rings is 1. The van der Waals surface area contributed by atoms with Crippen molar-refractivity contribution in [3.8, 4) is 0 Å². The van der Waals surface area contributed by atoms with Crippen molar-refractivity contribution in [3.05, 3.63) is 47.0 Å². The summed E-state index contributed by atoms with van der Waals surface area (Å²) in [6.07, 6.45) is 0.0965. The summed E-state index contributed by atoms with van der Waals surface area (Å²) in [6, 6.07) is 9.08. The molecule has 0 radical (unpaired) electrons. The number of esters is 1. The molecule has 2 unspecified atom stereocenters. The molecule has 0 bridgehead atoms. The first-order valence-electron chi connectivity index (χ1n) is 7.72. The number of ether oxygens (including phenoxy) is 1. The van der Waals surface area contributed by atoms with Crippen molar-refractivity contribution in [1.29, 1.82) is 0 Å². The van der Waals surface area contributed by atoms with E-state index in [9.17, 15) is 9.59 Å². The summed E-state index contributed by atoms with van der Waals surface area (Å²) < 4.78 is 4.88. The summed E-state index contributed by atoms with van der Waals surface area (Å²) in [6.45, 7) is 3.86. The fraction of sp³-hybridized carbons (Fsp3) is 0.353. The fourth-order valence-electron chi connectivity index (χ4n) is 2.15. The summed E-state index contributed by atoms with van der Waals surface area (Å²) in [7, 11) is 0. The first-order chi connectivity index (χ1) is 11.5. The monoisotopic (exact) mass is 347 g/mol. The normalized spacial score (nSPS) is 13.1. The van der Waals surface area contributed by atoms with Gasteiger partial charge < -0.3 is 15.8 Å². The molecule has 1 aromatic carbocycles. The van der Waals surface area contributed by atoms with E-state index >= 15 is 0 Å². The van der Waals surface area contributed by atoms with Crippen LogP contribution in [0.3, 0.4) is 0 Å². The van der Waals surface area contributed by atoms with Gasteiger partial charge in [0.05, 0.1) is 24.6 Å². The van der Waals surface area contributed by atoms with Crippen molar-refractivity contribution in [2.24, 2.45) is 11.7 Å². The van der Waals surface area contributed by atoms with Gasteiger partial charge in [-0.25, -0.2) is 4.98 Å². The molecule has 0 spiro atoms. The van der Waals surface area contributed by atoms with Crippen LogP contribution in [-0.4, -0.2) is 23.5 Å². The van der Waals surface area contributed by atoms with E-state index in [4.69, 9.17) is 10.5 Å². The fourth-order valence-corrected chi connectivity index (χ4v) is 2.86. The molecule has 128 valence electrons. The Balaban J connectivity index is 1.94. The number of carbonyl (C=O) groups excluding carboxylic acids is 2. The predicted octanol–water partition coefficient (Wildman–Crippen LogP) is 2.52. The molecular formula is C17H21N3O3S. The quantitative estimate of drug-likeness (QED) is 0.751. The van der Waals surface area contributed by atoms with E-state index in [0.29, 0.717) is 17.4 Å². The molecule has 2 rings (SSSR count). The van der Waals surface area contributed by atoms with Gasteiger partial charge >= 0.3 is 5.97 Å². The maximum absolute atomic E-state index is 12.3. The third-order valence-electron chi connectivity index (χ3n) is 3.55. The number of benzene rings is 1. The van der Waals surface area contributed by atoms with Crippen LogP contribution in [0.5, 0.6) is 0 Å². The molecule has 0 saturated carbocycles. The molecule has 6 nitrogen and oxygen atoms in total. The van der Waals surface area contributed by atoms with Crippen molar-refractivity contribution >= 4 is 28.3 Å². The molecule has 3 N–H and O–H groups in total. The summed E-state index contributed by atoms with van der Waals surface area (Å²) in [4.78, 5) is 28.0. The maximum atomic E-state index is 12.3. The van der Waals surface area contributed by atoms with Gasteiger partial charge in [-0.1, -0.05) is 37.3 Å². The number of amides is 1. The lowest BCUT2D eigenvalue weighted by molar-refractivity contribution is -0.142. The maximum Gasteiger partial charge on any atom is 0.311 e. The number of hydrogen-bond acceptors (Lipinski definition) is 6. The van der Waals surface area contributed by atoms with Gasteiger partial charge in [0.25, 0.3) is 0 Å². The number of nitrogens with zero attached hydrogens (tertiary/aromatic N) is 1. The zero-order valence-electron chi connectivity index (χ0n) is 13.7. The van der Waals surface area contributed by atoms with Crippen molar-refractivity contribution < 1.29 is 14.3 Å². The van der Waals surface area contributed by atoms with Gasteiger partial charge in [-0.3, -0.25) is 9.59 Å². The second-order valence-corrected chi connectivity index (χ2v) is 6.20. The molecule has 0 saturated heterocycles. The van der Waals surface area contributed by atoms with Gasteiger partial charge in [0.1, 0.15) is 0 Å². The SMILES string of the molecule is CCOC(=O)Cc1csc(NC(=O)C(C)C(N)c2ccccc2)n1. The van der Waals surface area contributed by atoms with Gasteiger partial charge in [-0.2, -0.15) is 0 Å². The predicted molar refractivity (Wildman–Crippen MR) is 93.6 cm³/mol. The molecule has 2 aromatic rings. The van der Waals surface area contributed by atoms with E-state index in [1.54, 1.807) is 19.2 Å². The summed E-state index contributed by atoms with van der Waals surface area (Å²) in [5, 5.41) is 4.94. The van der Waals surface area contributed by atoms with Gasteiger partial charge in [-0.15, -0.1) is 11.3 Å². The highest BCUT2D eigenvalue weighted by Crippen LogP contribution is 2.22. The molecule has 0 fully saturated rings. The van der Waals surface area contributed by atoms with Gasteiger partial charge in [-0.05, 0) is 12.5 Å². The Hall–Kier alpha value is -2.25. The number of aromatic nitrogens is 1.